The third-order valence-corrected chi connectivity index (χ3v) is 9.80. The maximum absolute atomic E-state index is 13.1. The number of cyclic esters (lactones) is 1. The Labute approximate surface area is 299 Å². The van der Waals surface area contributed by atoms with Gasteiger partial charge in [0.25, 0.3) is 0 Å². The van der Waals surface area contributed by atoms with Crippen LogP contribution in [0.15, 0.2) is 84.6 Å². The van der Waals surface area contributed by atoms with Crippen LogP contribution in [-0.4, -0.2) is 83.2 Å². The molecule has 0 radical (unpaired) electrons. The van der Waals surface area contributed by atoms with Crippen molar-refractivity contribution in [3.8, 4) is 0 Å². The molecule has 50 heavy (non-hydrogen) atoms. The van der Waals surface area contributed by atoms with Crippen LogP contribution in [-0.2, 0) is 28.5 Å². The van der Waals surface area contributed by atoms with E-state index in [9.17, 15) is 24.9 Å². The van der Waals surface area contributed by atoms with Gasteiger partial charge in [0.15, 0.2) is 0 Å². The van der Waals surface area contributed by atoms with Gasteiger partial charge in [-0.25, -0.2) is 9.59 Å². The van der Waals surface area contributed by atoms with E-state index in [1.54, 1.807) is 25.2 Å². The number of allylic oxidation sites excluding steroid dienone is 6. The first-order valence-corrected chi connectivity index (χ1v) is 18.1. The Morgan fingerprint density at radius 1 is 1.04 bits per heavy atom. The summed E-state index contributed by atoms with van der Waals surface area (Å²) in [5, 5.41) is 32.0. The highest BCUT2D eigenvalue weighted by Gasteiger charge is 2.46. The smallest absolute Gasteiger partial charge is 0.348 e. The van der Waals surface area contributed by atoms with Crippen LogP contribution >= 0.6 is 0 Å². The van der Waals surface area contributed by atoms with Gasteiger partial charge in [-0.2, -0.15) is 0 Å². The fourth-order valence-corrected chi connectivity index (χ4v) is 6.19. The lowest BCUT2D eigenvalue weighted by atomic mass is 9.73. The van der Waals surface area contributed by atoms with Crippen LogP contribution in [0.25, 0.3) is 0 Å². The van der Waals surface area contributed by atoms with Gasteiger partial charge in [-0.1, -0.05) is 101 Å². The Morgan fingerprint density at radius 2 is 1.80 bits per heavy atom. The molecule has 2 fully saturated rings. The van der Waals surface area contributed by atoms with Gasteiger partial charge < -0.3 is 34.3 Å². The van der Waals surface area contributed by atoms with Gasteiger partial charge in [-0.15, -0.1) is 0 Å². The quantitative estimate of drug-likeness (QED) is 0.204. The average Bonchev–Trinajstić information content (AvgIpc) is 3.07. The monoisotopic (exact) mass is 696 g/mol. The predicted molar refractivity (Wildman–Crippen MR) is 195 cm³/mol. The van der Waals surface area contributed by atoms with Crippen molar-refractivity contribution < 1.29 is 43.9 Å². The Kier molecular flexibility index (Phi) is 17.1. The molecule has 0 aromatic rings. The van der Waals surface area contributed by atoms with E-state index in [0.717, 1.165) is 24.0 Å². The van der Waals surface area contributed by atoms with Gasteiger partial charge >= 0.3 is 11.9 Å². The van der Waals surface area contributed by atoms with Crippen molar-refractivity contribution in [3.05, 3.63) is 84.6 Å². The zero-order valence-electron chi connectivity index (χ0n) is 30.6. The van der Waals surface area contributed by atoms with Crippen molar-refractivity contribution in [2.45, 2.75) is 129 Å². The second kappa shape index (κ2) is 20.7. The molecule has 3 rings (SSSR count). The zero-order chi connectivity index (χ0) is 36.7. The molecule has 0 aromatic heterocycles. The summed E-state index contributed by atoms with van der Waals surface area (Å²) >= 11 is 0. The van der Waals surface area contributed by atoms with Crippen molar-refractivity contribution in [2.75, 3.05) is 13.2 Å². The van der Waals surface area contributed by atoms with E-state index in [-0.39, 0.29) is 43.9 Å². The number of hydrogen-bond acceptors (Lipinski definition) is 9. The Balaban J connectivity index is 1.82. The van der Waals surface area contributed by atoms with E-state index in [4.69, 9.17) is 18.9 Å². The molecule has 0 aromatic carbocycles. The zero-order valence-corrected chi connectivity index (χ0v) is 30.6. The van der Waals surface area contributed by atoms with Gasteiger partial charge in [0, 0.05) is 36.7 Å². The number of rotatable bonds is 7. The summed E-state index contributed by atoms with van der Waals surface area (Å²) in [6.45, 7) is 13.8. The first kappa shape index (κ1) is 41.3. The highest BCUT2D eigenvalue weighted by Crippen LogP contribution is 2.39. The SMILES string of the molecule is C=C(CCC(C)C)COC(=O)[C@@H]1C/C=C\C[C@@H]2O[C@H](/C=C\C/C=C\C(C)=C/[C@H]3O[C@@H](C/C=C\C=C/C(=O)O1)C[C@H](O)[C@H]3C)C[C@@H](O)[C@@]2(C)CO. The lowest BCUT2D eigenvalue weighted by Gasteiger charge is -2.46. The van der Waals surface area contributed by atoms with Crippen LogP contribution in [0, 0.1) is 17.3 Å². The van der Waals surface area contributed by atoms with E-state index >= 15 is 0 Å². The molecule has 3 N–H and O–H groups in total. The number of fused-ring (bicyclic) bond motifs is 4. The Bertz CT molecular complexity index is 1290. The summed E-state index contributed by atoms with van der Waals surface area (Å²) in [6, 6.07) is 0. The minimum Gasteiger partial charge on any atom is -0.458 e. The molecular weight excluding hydrogens is 636 g/mol. The number of carbonyl (C=O) groups is 2. The minimum atomic E-state index is -1.18. The number of aliphatic hydroxyl groups is 3. The van der Waals surface area contributed by atoms with Gasteiger partial charge in [0.05, 0.1) is 43.2 Å². The topological polar surface area (TPSA) is 132 Å². The first-order valence-electron chi connectivity index (χ1n) is 18.1. The minimum absolute atomic E-state index is 0.0438. The van der Waals surface area contributed by atoms with Crippen LogP contribution in [0.4, 0.5) is 0 Å². The maximum atomic E-state index is 13.1. The second-order valence-electron chi connectivity index (χ2n) is 14.6. The lowest BCUT2D eigenvalue weighted by Crippen LogP contribution is -2.53. The highest BCUT2D eigenvalue weighted by molar-refractivity contribution is 5.86. The van der Waals surface area contributed by atoms with E-state index < -0.39 is 41.8 Å². The highest BCUT2D eigenvalue weighted by atomic mass is 16.6. The van der Waals surface area contributed by atoms with E-state index in [0.29, 0.717) is 38.0 Å². The van der Waals surface area contributed by atoms with Crippen molar-refractivity contribution in [3.63, 3.8) is 0 Å². The van der Waals surface area contributed by atoms with E-state index in [1.807, 2.05) is 56.4 Å². The normalized spacial score (nSPS) is 37.5. The molecule has 3 heterocycles. The molecule has 9 nitrogen and oxygen atoms in total. The van der Waals surface area contributed by atoms with Crippen LogP contribution in [0.5, 0.6) is 0 Å². The fraction of sp³-hybridized carbons (Fsp3) is 0.610. The van der Waals surface area contributed by atoms with Gasteiger partial charge in [0.2, 0.25) is 6.10 Å². The number of ether oxygens (including phenoxy) is 4. The molecule has 0 spiro atoms. The van der Waals surface area contributed by atoms with Gasteiger partial charge in [0.1, 0.15) is 6.61 Å². The summed E-state index contributed by atoms with van der Waals surface area (Å²) in [5.74, 6) is -0.927. The standard InChI is InChI=1S/C41H60O9/c1-28(2)21-22-30(4)26-47-40(46)35-18-13-14-19-38-41(6,27-42)37(44)25-33(49-38)17-10-7-9-15-29(3)23-36-31(5)34(43)24-32(48-36)16-11-8-12-20-39(45)50-35/h8-15,17,20,23,28,31-38,42-44H,4,7,16,18-19,21-22,24-27H2,1-3,5-6H3/b11-8-,14-13-,15-9-,17-10-,20-12-,29-23-/t31-,32+,33-,34+,35+,36-,37-,38+,41-/m1/s1. The number of aliphatic hydroxyl groups excluding tert-OH is 3. The summed E-state index contributed by atoms with van der Waals surface area (Å²) in [4.78, 5) is 25.9. The molecule has 0 amide bonds. The summed E-state index contributed by atoms with van der Waals surface area (Å²) < 4.78 is 23.7. The molecule has 9 atom stereocenters. The fourth-order valence-electron chi connectivity index (χ4n) is 6.19. The summed E-state index contributed by atoms with van der Waals surface area (Å²) in [6.07, 6.45) is 20.5. The molecule has 2 saturated heterocycles. The molecule has 0 aliphatic carbocycles. The van der Waals surface area contributed by atoms with Crippen molar-refractivity contribution >= 4 is 11.9 Å². The third-order valence-electron chi connectivity index (χ3n) is 9.80. The maximum Gasteiger partial charge on any atom is 0.348 e. The van der Waals surface area contributed by atoms with Crippen LogP contribution in [0.2, 0.25) is 0 Å². The van der Waals surface area contributed by atoms with E-state index in [2.05, 4.69) is 20.4 Å². The summed E-state index contributed by atoms with van der Waals surface area (Å²) in [7, 11) is 0. The first-order chi connectivity index (χ1) is 23.8. The summed E-state index contributed by atoms with van der Waals surface area (Å²) in [5.41, 5.74) is 0.931. The predicted octanol–water partition coefficient (Wildman–Crippen LogP) is 6.41. The largest absolute Gasteiger partial charge is 0.458 e. The second-order valence-corrected chi connectivity index (χ2v) is 14.6. The lowest BCUT2D eigenvalue weighted by molar-refractivity contribution is -0.179. The van der Waals surface area contributed by atoms with Crippen molar-refractivity contribution in [1.82, 2.24) is 0 Å². The molecule has 3 aliphatic rings. The molecular formula is C41H60O9. The third kappa shape index (κ3) is 13.2. The molecule has 9 heteroatoms. The average molecular weight is 697 g/mol. The van der Waals surface area contributed by atoms with Crippen LogP contribution in [0.1, 0.15) is 86.0 Å². The van der Waals surface area contributed by atoms with Gasteiger partial charge in [-0.05, 0) is 50.5 Å². The number of hydrogen-bond donors (Lipinski definition) is 3. The molecule has 4 bridgehead atoms. The molecule has 0 saturated carbocycles. The van der Waals surface area contributed by atoms with Crippen molar-refractivity contribution in [2.24, 2.45) is 17.3 Å². The Hall–Kier alpha value is -3.08. The number of carbonyl (C=O) groups excluding carboxylic acids is 2. The molecule has 3 aliphatic heterocycles. The van der Waals surface area contributed by atoms with Gasteiger partial charge in [-0.3, -0.25) is 0 Å². The molecule has 0 unspecified atom stereocenters. The van der Waals surface area contributed by atoms with E-state index in [1.165, 1.54) is 6.08 Å². The van der Waals surface area contributed by atoms with Crippen LogP contribution < -0.4 is 0 Å². The van der Waals surface area contributed by atoms with Crippen LogP contribution in [0.3, 0.4) is 0 Å². The van der Waals surface area contributed by atoms with Crippen molar-refractivity contribution in [1.29, 1.82) is 0 Å². The Morgan fingerprint density at radius 3 is 2.54 bits per heavy atom. The number of esters is 2. The molecule has 278 valence electrons.